The molecule has 5 heteroatoms. The number of thiazole rings is 1. The highest BCUT2D eigenvalue weighted by atomic mass is 32.1. The Bertz CT molecular complexity index is 464. The van der Waals surface area contributed by atoms with Gasteiger partial charge in [-0.2, -0.15) is 0 Å². The van der Waals surface area contributed by atoms with Crippen LogP contribution in [0.1, 0.15) is 17.8 Å². The zero-order valence-corrected chi connectivity index (χ0v) is 10.1. The summed E-state index contributed by atoms with van der Waals surface area (Å²) in [4.78, 5) is 9.61. The van der Waals surface area contributed by atoms with Crippen molar-refractivity contribution in [3.8, 4) is 11.3 Å². The Hall–Kier alpha value is -1.46. The van der Waals surface area contributed by atoms with Crippen molar-refractivity contribution < 1.29 is 0 Å². The van der Waals surface area contributed by atoms with Gasteiger partial charge in [-0.3, -0.25) is 4.98 Å². The molecule has 0 saturated carbocycles. The first-order valence-corrected chi connectivity index (χ1v) is 5.88. The first-order valence-electron chi connectivity index (χ1n) is 5.07. The van der Waals surface area contributed by atoms with Gasteiger partial charge in [0.25, 0.3) is 0 Å². The first-order chi connectivity index (χ1) is 7.72. The summed E-state index contributed by atoms with van der Waals surface area (Å²) < 4.78 is 0. The van der Waals surface area contributed by atoms with E-state index in [0.717, 1.165) is 21.3 Å². The summed E-state index contributed by atoms with van der Waals surface area (Å²) in [6, 6.07) is 3.88. The quantitative estimate of drug-likeness (QED) is 0.855. The lowest BCUT2D eigenvalue weighted by Crippen LogP contribution is -2.04. The van der Waals surface area contributed by atoms with Crippen LogP contribution in [-0.4, -0.2) is 17.0 Å². The van der Waals surface area contributed by atoms with Crippen molar-refractivity contribution in [1.82, 2.24) is 9.97 Å². The molecule has 0 aliphatic rings. The normalized spacial score (nSPS) is 12.4. The highest BCUT2D eigenvalue weighted by Gasteiger charge is 2.15. The number of aromatic nitrogens is 2. The second kappa shape index (κ2) is 4.59. The Kier molecular flexibility index (Phi) is 3.17. The number of nitrogens with one attached hydrogen (secondary N) is 1. The smallest absolute Gasteiger partial charge is 0.183 e. The zero-order chi connectivity index (χ0) is 11.5. The monoisotopic (exact) mass is 234 g/mol. The van der Waals surface area contributed by atoms with Crippen molar-refractivity contribution in [3.63, 3.8) is 0 Å². The highest BCUT2D eigenvalue weighted by molar-refractivity contribution is 7.16. The number of hydrogen-bond donors (Lipinski definition) is 2. The van der Waals surface area contributed by atoms with Crippen LogP contribution in [-0.2, 0) is 0 Å². The molecule has 0 aliphatic carbocycles. The standard InChI is InChI=1S/C11H14N4S/c1-7(12)10-9(15-11(13-2)16-10)8-3-5-14-6-4-8/h3-7H,12H2,1-2H3,(H,13,15). The summed E-state index contributed by atoms with van der Waals surface area (Å²) in [5, 5.41) is 3.94. The number of pyridine rings is 1. The van der Waals surface area contributed by atoms with E-state index in [-0.39, 0.29) is 6.04 Å². The van der Waals surface area contributed by atoms with Crippen molar-refractivity contribution >= 4 is 16.5 Å². The number of nitrogens with zero attached hydrogens (tertiary/aromatic N) is 2. The van der Waals surface area contributed by atoms with Gasteiger partial charge in [-0.1, -0.05) is 11.3 Å². The Morgan fingerprint density at radius 3 is 2.62 bits per heavy atom. The molecule has 0 fully saturated rings. The van der Waals surface area contributed by atoms with E-state index in [4.69, 9.17) is 5.73 Å². The number of rotatable bonds is 3. The molecule has 2 rings (SSSR count). The van der Waals surface area contributed by atoms with Gasteiger partial charge in [0.1, 0.15) is 0 Å². The predicted molar refractivity (Wildman–Crippen MR) is 67.5 cm³/mol. The molecule has 0 saturated heterocycles. The lowest BCUT2D eigenvalue weighted by atomic mass is 10.1. The van der Waals surface area contributed by atoms with E-state index >= 15 is 0 Å². The van der Waals surface area contributed by atoms with Gasteiger partial charge >= 0.3 is 0 Å². The van der Waals surface area contributed by atoms with Crippen molar-refractivity contribution in [2.24, 2.45) is 5.73 Å². The minimum Gasteiger partial charge on any atom is -0.365 e. The molecule has 2 heterocycles. The molecule has 84 valence electrons. The van der Waals surface area contributed by atoms with Crippen molar-refractivity contribution in [3.05, 3.63) is 29.4 Å². The Labute approximate surface area is 98.6 Å². The molecule has 0 bridgehead atoms. The van der Waals surface area contributed by atoms with E-state index in [9.17, 15) is 0 Å². The summed E-state index contributed by atoms with van der Waals surface area (Å²) in [7, 11) is 1.86. The minimum absolute atomic E-state index is 0.0113. The molecule has 0 spiro atoms. The van der Waals surface area contributed by atoms with Crippen LogP contribution < -0.4 is 11.1 Å². The van der Waals surface area contributed by atoms with Gasteiger partial charge in [0.05, 0.1) is 10.6 Å². The zero-order valence-electron chi connectivity index (χ0n) is 9.27. The summed E-state index contributed by atoms with van der Waals surface area (Å²) in [5.41, 5.74) is 7.95. The van der Waals surface area contributed by atoms with Crippen LogP contribution in [0.2, 0.25) is 0 Å². The molecule has 1 unspecified atom stereocenters. The van der Waals surface area contributed by atoms with Crippen LogP contribution in [0, 0.1) is 0 Å². The van der Waals surface area contributed by atoms with E-state index in [2.05, 4.69) is 15.3 Å². The lowest BCUT2D eigenvalue weighted by Gasteiger charge is -2.04. The highest BCUT2D eigenvalue weighted by Crippen LogP contribution is 2.33. The maximum absolute atomic E-state index is 5.95. The molecule has 2 aromatic rings. The van der Waals surface area contributed by atoms with Crippen LogP contribution in [0.4, 0.5) is 5.13 Å². The number of anilines is 1. The molecule has 16 heavy (non-hydrogen) atoms. The fourth-order valence-electron chi connectivity index (χ4n) is 1.46. The van der Waals surface area contributed by atoms with Crippen molar-refractivity contribution in [1.29, 1.82) is 0 Å². The van der Waals surface area contributed by atoms with Gasteiger partial charge in [-0.25, -0.2) is 4.98 Å². The molecule has 3 N–H and O–H groups in total. The minimum atomic E-state index is -0.0113. The van der Waals surface area contributed by atoms with Crippen LogP contribution in [0.3, 0.4) is 0 Å². The van der Waals surface area contributed by atoms with Gasteiger partial charge in [-0.15, -0.1) is 0 Å². The molecule has 1 atom stereocenters. The largest absolute Gasteiger partial charge is 0.365 e. The molecule has 0 amide bonds. The summed E-state index contributed by atoms with van der Waals surface area (Å²) in [6.45, 7) is 1.97. The van der Waals surface area contributed by atoms with Crippen LogP contribution in [0.5, 0.6) is 0 Å². The Morgan fingerprint density at radius 1 is 1.38 bits per heavy atom. The maximum atomic E-state index is 5.95. The average Bonchev–Trinajstić information content (AvgIpc) is 2.74. The SMILES string of the molecule is CNc1nc(-c2ccncc2)c(C(C)N)s1. The molecule has 0 aliphatic heterocycles. The molecular formula is C11H14N4S. The van der Waals surface area contributed by atoms with E-state index in [1.807, 2.05) is 26.1 Å². The van der Waals surface area contributed by atoms with E-state index in [1.165, 1.54) is 0 Å². The van der Waals surface area contributed by atoms with Crippen LogP contribution >= 0.6 is 11.3 Å². The van der Waals surface area contributed by atoms with Crippen LogP contribution in [0.15, 0.2) is 24.5 Å². The topological polar surface area (TPSA) is 63.8 Å². The average molecular weight is 234 g/mol. The third kappa shape index (κ3) is 2.05. The van der Waals surface area contributed by atoms with Gasteiger partial charge in [-0.05, 0) is 19.1 Å². The van der Waals surface area contributed by atoms with Crippen LogP contribution in [0.25, 0.3) is 11.3 Å². The molecular weight excluding hydrogens is 220 g/mol. The summed E-state index contributed by atoms with van der Waals surface area (Å²) in [6.07, 6.45) is 3.53. The fourth-order valence-corrected chi connectivity index (χ4v) is 2.36. The Balaban J connectivity index is 2.51. The van der Waals surface area contributed by atoms with Crippen molar-refractivity contribution in [2.45, 2.75) is 13.0 Å². The van der Waals surface area contributed by atoms with Gasteiger partial charge < -0.3 is 11.1 Å². The molecule has 0 aromatic carbocycles. The number of hydrogen-bond acceptors (Lipinski definition) is 5. The van der Waals surface area contributed by atoms with Crippen molar-refractivity contribution in [2.75, 3.05) is 12.4 Å². The van der Waals surface area contributed by atoms with E-state index < -0.39 is 0 Å². The third-order valence-electron chi connectivity index (χ3n) is 2.23. The summed E-state index contributed by atoms with van der Waals surface area (Å²) >= 11 is 1.59. The maximum Gasteiger partial charge on any atom is 0.183 e. The first kappa shape index (κ1) is 11.0. The number of nitrogens with two attached hydrogens (primary N) is 1. The van der Waals surface area contributed by atoms with Gasteiger partial charge in [0, 0.05) is 31.0 Å². The van der Waals surface area contributed by atoms with E-state index in [1.54, 1.807) is 23.7 Å². The third-order valence-corrected chi connectivity index (χ3v) is 3.51. The van der Waals surface area contributed by atoms with Gasteiger partial charge in [0.2, 0.25) is 0 Å². The summed E-state index contributed by atoms with van der Waals surface area (Å²) in [5.74, 6) is 0. The second-order valence-corrected chi connectivity index (χ2v) is 4.54. The van der Waals surface area contributed by atoms with E-state index in [0.29, 0.717) is 0 Å². The Morgan fingerprint density at radius 2 is 2.06 bits per heavy atom. The fraction of sp³-hybridized carbons (Fsp3) is 0.273. The van der Waals surface area contributed by atoms with Gasteiger partial charge in [0.15, 0.2) is 5.13 Å². The predicted octanol–water partition coefficient (Wildman–Crippen LogP) is 2.27. The lowest BCUT2D eigenvalue weighted by molar-refractivity contribution is 0.837. The molecule has 4 nitrogen and oxygen atoms in total. The second-order valence-electron chi connectivity index (χ2n) is 3.51. The molecule has 2 aromatic heterocycles. The molecule has 0 radical (unpaired) electrons.